The highest BCUT2D eigenvalue weighted by Gasteiger charge is 2.04. The zero-order valence-corrected chi connectivity index (χ0v) is 12.4. The van der Waals surface area contributed by atoms with Crippen LogP contribution in [0, 0.1) is 0 Å². The maximum absolute atomic E-state index is 10.3. The van der Waals surface area contributed by atoms with Gasteiger partial charge in [-0.25, -0.2) is 4.98 Å². The van der Waals surface area contributed by atoms with Crippen LogP contribution in [0.15, 0.2) is 42.5 Å². The number of carbonyl (C=O) groups excluding carboxylic acids is 1. The quantitative estimate of drug-likeness (QED) is 0.570. The number of hydrogen-bond acceptors (Lipinski definition) is 4. The Bertz CT molecular complexity index is 762. The molecule has 2 N–H and O–H groups in total. The van der Waals surface area contributed by atoms with E-state index < -0.39 is 0 Å². The largest absolute Gasteiger partial charge is 0.375 e. The number of aldehydes is 1. The second kappa shape index (κ2) is 6.06. The molecule has 0 aliphatic heterocycles. The van der Waals surface area contributed by atoms with Gasteiger partial charge in [0, 0.05) is 6.42 Å². The molecule has 2 aromatic carbocycles. The van der Waals surface area contributed by atoms with Crippen molar-refractivity contribution in [1.29, 1.82) is 0 Å². The molecule has 0 bridgehead atoms. The van der Waals surface area contributed by atoms with E-state index in [1.165, 1.54) is 28.0 Å². The number of nitrogens with zero attached hydrogens (tertiary/aromatic N) is 1. The molecule has 3 nitrogen and oxygen atoms in total. The fourth-order valence-corrected chi connectivity index (χ4v) is 3.15. The monoisotopic (exact) mass is 296 g/mol. The zero-order chi connectivity index (χ0) is 14.7. The van der Waals surface area contributed by atoms with Crippen LogP contribution in [-0.2, 0) is 11.2 Å². The van der Waals surface area contributed by atoms with Crippen LogP contribution in [0.25, 0.3) is 21.3 Å². The molecule has 0 saturated heterocycles. The summed E-state index contributed by atoms with van der Waals surface area (Å²) < 4.78 is 1.11. The normalized spacial score (nSPS) is 10.9. The number of nitrogen functional groups attached to an aromatic ring is 1. The number of thiazole rings is 1. The van der Waals surface area contributed by atoms with Crippen LogP contribution in [-0.4, -0.2) is 11.3 Å². The number of aryl methyl sites for hydroxylation is 1. The Morgan fingerprint density at radius 3 is 2.62 bits per heavy atom. The predicted molar refractivity (Wildman–Crippen MR) is 88.5 cm³/mol. The lowest BCUT2D eigenvalue weighted by atomic mass is 10.0. The Hall–Kier alpha value is -2.20. The smallest absolute Gasteiger partial charge is 0.181 e. The first-order chi connectivity index (χ1) is 10.3. The van der Waals surface area contributed by atoms with Crippen molar-refractivity contribution in [3.8, 4) is 11.1 Å². The number of unbranched alkanes of at least 4 members (excludes halogenated alkanes) is 1. The summed E-state index contributed by atoms with van der Waals surface area (Å²) in [6.45, 7) is 0. The van der Waals surface area contributed by atoms with E-state index in [0.717, 1.165) is 29.3 Å². The van der Waals surface area contributed by atoms with Gasteiger partial charge in [-0.3, -0.25) is 0 Å². The number of anilines is 1. The lowest BCUT2D eigenvalue weighted by Crippen LogP contribution is -1.86. The Labute approximate surface area is 127 Å². The van der Waals surface area contributed by atoms with Gasteiger partial charge in [-0.15, -0.1) is 0 Å². The number of carbonyl (C=O) groups is 1. The maximum Gasteiger partial charge on any atom is 0.181 e. The Morgan fingerprint density at radius 1 is 1.10 bits per heavy atom. The SMILES string of the molecule is Nc1nc2ccc(-c3ccc(CCCC=O)cc3)cc2s1. The van der Waals surface area contributed by atoms with E-state index in [9.17, 15) is 4.79 Å². The van der Waals surface area contributed by atoms with E-state index in [4.69, 9.17) is 5.73 Å². The summed E-state index contributed by atoms with van der Waals surface area (Å²) >= 11 is 1.51. The summed E-state index contributed by atoms with van der Waals surface area (Å²) in [6, 6.07) is 14.7. The van der Waals surface area contributed by atoms with Crippen LogP contribution in [0.4, 0.5) is 5.13 Å². The molecule has 0 atom stereocenters. The summed E-state index contributed by atoms with van der Waals surface area (Å²) in [5.41, 5.74) is 10.3. The number of nitrogens with two attached hydrogens (primary N) is 1. The first-order valence-corrected chi connectivity index (χ1v) is 7.77. The molecule has 0 saturated carbocycles. The lowest BCUT2D eigenvalue weighted by Gasteiger charge is -2.04. The fraction of sp³-hybridized carbons (Fsp3) is 0.176. The van der Waals surface area contributed by atoms with Crippen molar-refractivity contribution in [2.45, 2.75) is 19.3 Å². The van der Waals surface area contributed by atoms with Gasteiger partial charge in [0.15, 0.2) is 5.13 Å². The number of aromatic nitrogens is 1. The van der Waals surface area contributed by atoms with Crippen molar-refractivity contribution in [2.24, 2.45) is 0 Å². The first kappa shape index (κ1) is 13.8. The zero-order valence-electron chi connectivity index (χ0n) is 11.6. The lowest BCUT2D eigenvalue weighted by molar-refractivity contribution is -0.107. The molecular weight excluding hydrogens is 280 g/mol. The topological polar surface area (TPSA) is 56.0 Å². The molecule has 0 aliphatic rings. The van der Waals surface area contributed by atoms with Crippen molar-refractivity contribution < 1.29 is 4.79 Å². The van der Waals surface area contributed by atoms with Crippen LogP contribution in [0.1, 0.15) is 18.4 Å². The van der Waals surface area contributed by atoms with E-state index >= 15 is 0 Å². The summed E-state index contributed by atoms with van der Waals surface area (Å²) in [7, 11) is 0. The number of benzene rings is 2. The molecule has 0 radical (unpaired) electrons. The van der Waals surface area contributed by atoms with Gasteiger partial charge in [-0.05, 0) is 41.7 Å². The molecule has 21 heavy (non-hydrogen) atoms. The van der Waals surface area contributed by atoms with Crippen molar-refractivity contribution in [1.82, 2.24) is 4.98 Å². The van der Waals surface area contributed by atoms with E-state index in [1.54, 1.807) is 0 Å². The summed E-state index contributed by atoms with van der Waals surface area (Å²) in [5, 5.41) is 0.604. The van der Waals surface area contributed by atoms with Crippen LogP contribution in [0.5, 0.6) is 0 Å². The Morgan fingerprint density at radius 2 is 1.86 bits per heavy atom. The second-order valence-electron chi connectivity index (χ2n) is 4.99. The van der Waals surface area contributed by atoms with Gasteiger partial charge in [-0.1, -0.05) is 41.7 Å². The Balaban J connectivity index is 1.82. The number of fused-ring (bicyclic) bond motifs is 1. The molecule has 3 rings (SSSR count). The highest BCUT2D eigenvalue weighted by Crippen LogP contribution is 2.29. The minimum atomic E-state index is 0.604. The maximum atomic E-state index is 10.3. The van der Waals surface area contributed by atoms with Crippen LogP contribution in [0.3, 0.4) is 0 Å². The summed E-state index contributed by atoms with van der Waals surface area (Å²) in [4.78, 5) is 14.6. The molecule has 3 aromatic rings. The van der Waals surface area contributed by atoms with E-state index in [-0.39, 0.29) is 0 Å². The molecule has 0 aliphatic carbocycles. The van der Waals surface area contributed by atoms with Gasteiger partial charge in [0.2, 0.25) is 0 Å². The fourth-order valence-electron chi connectivity index (χ4n) is 2.38. The van der Waals surface area contributed by atoms with Gasteiger partial charge in [-0.2, -0.15) is 0 Å². The summed E-state index contributed by atoms with van der Waals surface area (Å²) in [5.74, 6) is 0. The number of hydrogen-bond donors (Lipinski definition) is 1. The molecular formula is C17H16N2OS. The van der Waals surface area contributed by atoms with Crippen molar-refractivity contribution in [3.05, 3.63) is 48.0 Å². The molecule has 1 aromatic heterocycles. The third-order valence-electron chi connectivity index (χ3n) is 3.48. The van der Waals surface area contributed by atoms with Crippen molar-refractivity contribution >= 4 is 33.0 Å². The van der Waals surface area contributed by atoms with Crippen LogP contribution >= 0.6 is 11.3 Å². The predicted octanol–water partition coefficient (Wildman–Crippen LogP) is 4.07. The van der Waals surface area contributed by atoms with Crippen molar-refractivity contribution in [3.63, 3.8) is 0 Å². The van der Waals surface area contributed by atoms with Crippen LogP contribution < -0.4 is 5.73 Å². The average Bonchev–Trinajstić information content (AvgIpc) is 2.87. The molecule has 0 spiro atoms. The molecule has 4 heteroatoms. The molecule has 0 unspecified atom stereocenters. The molecule has 0 amide bonds. The average molecular weight is 296 g/mol. The van der Waals surface area contributed by atoms with Gasteiger partial charge >= 0.3 is 0 Å². The summed E-state index contributed by atoms with van der Waals surface area (Å²) in [6.07, 6.45) is 3.47. The molecule has 106 valence electrons. The minimum Gasteiger partial charge on any atom is -0.375 e. The van der Waals surface area contributed by atoms with Gasteiger partial charge in [0.25, 0.3) is 0 Å². The molecule has 0 fully saturated rings. The standard InChI is InChI=1S/C17H16N2OS/c18-17-19-15-9-8-14(11-16(15)21-17)13-6-4-12(5-7-13)3-1-2-10-20/h4-11H,1-3H2,(H2,18,19). The van der Waals surface area contributed by atoms with Gasteiger partial charge in [0.05, 0.1) is 10.2 Å². The van der Waals surface area contributed by atoms with E-state index in [0.29, 0.717) is 11.6 Å². The first-order valence-electron chi connectivity index (χ1n) is 6.95. The van der Waals surface area contributed by atoms with Crippen LogP contribution in [0.2, 0.25) is 0 Å². The van der Waals surface area contributed by atoms with Gasteiger partial charge in [0.1, 0.15) is 6.29 Å². The van der Waals surface area contributed by atoms with E-state index in [1.807, 2.05) is 6.07 Å². The number of rotatable bonds is 5. The highest BCUT2D eigenvalue weighted by atomic mass is 32.1. The van der Waals surface area contributed by atoms with Gasteiger partial charge < -0.3 is 10.5 Å². The second-order valence-corrected chi connectivity index (χ2v) is 6.05. The molecule has 1 heterocycles. The third-order valence-corrected chi connectivity index (χ3v) is 4.33. The highest BCUT2D eigenvalue weighted by molar-refractivity contribution is 7.22. The van der Waals surface area contributed by atoms with E-state index in [2.05, 4.69) is 41.4 Å². The minimum absolute atomic E-state index is 0.604. The van der Waals surface area contributed by atoms with Crippen molar-refractivity contribution in [2.75, 3.05) is 5.73 Å². The Kier molecular flexibility index (Phi) is 3.97. The third kappa shape index (κ3) is 3.11.